The molecule has 2 aromatic rings. The molecule has 0 atom stereocenters. The van der Waals surface area contributed by atoms with E-state index in [9.17, 15) is 4.79 Å². The lowest BCUT2D eigenvalue weighted by molar-refractivity contribution is 0.0954. The van der Waals surface area contributed by atoms with Gasteiger partial charge in [0.05, 0.1) is 12.7 Å². The van der Waals surface area contributed by atoms with Gasteiger partial charge in [-0.2, -0.15) is 0 Å². The normalized spacial score (nSPS) is 10.0. The molecule has 22 heavy (non-hydrogen) atoms. The van der Waals surface area contributed by atoms with Crippen LogP contribution >= 0.6 is 12.4 Å². The van der Waals surface area contributed by atoms with Gasteiger partial charge in [0.15, 0.2) is 0 Å². The molecule has 0 saturated heterocycles. The van der Waals surface area contributed by atoms with Gasteiger partial charge in [-0.25, -0.2) is 0 Å². The van der Waals surface area contributed by atoms with Crippen LogP contribution in [0.1, 0.15) is 21.7 Å². The van der Waals surface area contributed by atoms with E-state index in [0.29, 0.717) is 18.7 Å². The third-order valence-electron chi connectivity index (χ3n) is 3.44. The third kappa shape index (κ3) is 3.61. The van der Waals surface area contributed by atoms with Crippen molar-refractivity contribution in [3.8, 4) is 11.4 Å². The summed E-state index contributed by atoms with van der Waals surface area (Å²) in [6.07, 6.45) is 0. The first-order chi connectivity index (χ1) is 10.1. The Labute approximate surface area is 136 Å². The number of nitrogens with zero attached hydrogens (tertiary/aromatic N) is 1. The van der Waals surface area contributed by atoms with Crippen LogP contribution in [0.4, 0.5) is 0 Å². The summed E-state index contributed by atoms with van der Waals surface area (Å²) in [5, 5.41) is 2.80. The van der Waals surface area contributed by atoms with Gasteiger partial charge < -0.3 is 20.4 Å². The molecular formula is C16H22ClN3O2. The molecule has 2 rings (SSSR count). The minimum atomic E-state index is -0.0895. The number of hydrogen-bond donors (Lipinski definition) is 2. The molecule has 5 nitrogen and oxygen atoms in total. The Kier molecular flexibility index (Phi) is 6.46. The smallest absolute Gasteiger partial charge is 0.253 e. The molecule has 0 aliphatic carbocycles. The first-order valence-electron chi connectivity index (χ1n) is 6.90. The average molecular weight is 324 g/mol. The molecule has 1 aromatic heterocycles. The van der Waals surface area contributed by atoms with Crippen LogP contribution in [0.3, 0.4) is 0 Å². The van der Waals surface area contributed by atoms with Gasteiger partial charge in [0.1, 0.15) is 5.75 Å². The Balaban J connectivity index is 0.00000242. The number of aryl methyl sites for hydroxylation is 1. The number of nitrogens with one attached hydrogen (secondary N) is 1. The maximum atomic E-state index is 12.1. The molecule has 0 radical (unpaired) electrons. The second-order valence-corrected chi connectivity index (χ2v) is 4.86. The summed E-state index contributed by atoms with van der Waals surface area (Å²) in [6, 6.07) is 9.65. The fraction of sp³-hybridized carbons (Fsp3) is 0.312. The lowest BCUT2D eigenvalue weighted by atomic mass is 10.2. The van der Waals surface area contributed by atoms with Crippen molar-refractivity contribution in [2.24, 2.45) is 5.73 Å². The molecule has 0 bridgehead atoms. The number of amides is 1. The quantitative estimate of drug-likeness (QED) is 0.886. The zero-order valence-corrected chi connectivity index (χ0v) is 13.9. The van der Waals surface area contributed by atoms with Crippen LogP contribution in [0.15, 0.2) is 30.3 Å². The molecule has 0 aliphatic heterocycles. The number of methoxy groups -OCH3 is 1. The van der Waals surface area contributed by atoms with E-state index in [1.165, 1.54) is 0 Å². The molecule has 1 aromatic carbocycles. The summed E-state index contributed by atoms with van der Waals surface area (Å²) < 4.78 is 7.22. The lowest BCUT2D eigenvalue weighted by Crippen LogP contribution is -2.29. The summed E-state index contributed by atoms with van der Waals surface area (Å²) in [5.74, 6) is 0.718. The molecule has 1 heterocycles. The number of carbonyl (C=O) groups is 1. The number of hydrogen-bond acceptors (Lipinski definition) is 3. The number of ether oxygens (including phenoxy) is 1. The highest BCUT2D eigenvalue weighted by atomic mass is 35.5. The number of nitrogens with two attached hydrogens (primary N) is 1. The van der Waals surface area contributed by atoms with E-state index in [4.69, 9.17) is 10.5 Å². The van der Waals surface area contributed by atoms with Gasteiger partial charge in [-0.3, -0.25) is 4.79 Å². The minimum absolute atomic E-state index is 0. The maximum Gasteiger partial charge on any atom is 0.253 e. The number of carbonyl (C=O) groups excluding carboxylic acids is 1. The van der Waals surface area contributed by atoms with Crippen LogP contribution in [-0.4, -0.2) is 30.7 Å². The highest BCUT2D eigenvalue weighted by Crippen LogP contribution is 2.22. The molecule has 120 valence electrons. The second kappa shape index (κ2) is 7.87. The molecule has 0 unspecified atom stereocenters. The SMILES string of the molecule is COc1ccc(-n2c(C)cc(C(=O)NCCN)c2C)cc1.Cl. The van der Waals surface area contributed by atoms with Crippen LogP contribution in [0.25, 0.3) is 5.69 Å². The Hall–Kier alpha value is -1.98. The predicted octanol–water partition coefficient (Wildman–Crippen LogP) is 2.21. The van der Waals surface area contributed by atoms with E-state index < -0.39 is 0 Å². The van der Waals surface area contributed by atoms with E-state index in [0.717, 1.165) is 22.8 Å². The van der Waals surface area contributed by atoms with Crippen LogP contribution in [0.2, 0.25) is 0 Å². The Morgan fingerprint density at radius 2 is 1.91 bits per heavy atom. The van der Waals surface area contributed by atoms with Crippen molar-refractivity contribution < 1.29 is 9.53 Å². The first kappa shape index (κ1) is 18.1. The molecule has 6 heteroatoms. The summed E-state index contributed by atoms with van der Waals surface area (Å²) in [5.41, 5.74) is 9.01. The van der Waals surface area contributed by atoms with Crippen molar-refractivity contribution in [3.05, 3.63) is 47.3 Å². The highest BCUT2D eigenvalue weighted by Gasteiger charge is 2.16. The summed E-state index contributed by atoms with van der Waals surface area (Å²) in [4.78, 5) is 12.1. The van der Waals surface area contributed by atoms with Gasteiger partial charge >= 0.3 is 0 Å². The topological polar surface area (TPSA) is 69.3 Å². The fourth-order valence-electron chi connectivity index (χ4n) is 2.40. The number of rotatable bonds is 5. The number of benzene rings is 1. The van der Waals surface area contributed by atoms with Crippen molar-refractivity contribution in [1.82, 2.24) is 9.88 Å². The van der Waals surface area contributed by atoms with E-state index in [1.54, 1.807) is 7.11 Å². The molecule has 1 amide bonds. The van der Waals surface area contributed by atoms with Gasteiger partial charge in [0.25, 0.3) is 5.91 Å². The zero-order chi connectivity index (χ0) is 15.4. The van der Waals surface area contributed by atoms with Gasteiger partial charge in [-0.05, 0) is 44.2 Å². The maximum absolute atomic E-state index is 12.1. The van der Waals surface area contributed by atoms with Gasteiger partial charge in [-0.15, -0.1) is 12.4 Å². The van der Waals surface area contributed by atoms with Crippen molar-refractivity contribution in [2.75, 3.05) is 20.2 Å². The van der Waals surface area contributed by atoms with Crippen LogP contribution in [0, 0.1) is 13.8 Å². The summed E-state index contributed by atoms with van der Waals surface area (Å²) >= 11 is 0. The number of aromatic nitrogens is 1. The van der Waals surface area contributed by atoms with Gasteiger partial charge in [-0.1, -0.05) is 0 Å². The van der Waals surface area contributed by atoms with Gasteiger partial charge in [0, 0.05) is 30.2 Å². The largest absolute Gasteiger partial charge is 0.497 e. The standard InChI is InChI=1S/C16H21N3O2.ClH/c1-11-10-15(16(20)18-9-8-17)12(2)19(11)13-4-6-14(21-3)7-5-13;/h4-7,10H,8-9,17H2,1-3H3,(H,18,20);1H. The zero-order valence-electron chi connectivity index (χ0n) is 13.1. The Morgan fingerprint density at radius 1 is 1.27 bits per heavy atom. The van der Waals surface area contributed by atoms with E-state index in [-0.39, 0.29) is 18.3 Å². The average Bonchev–Trinajstić information content (AvgIpc) is 2.80. The van der Waals surface area contributed by atoms with E-state index in [1.807, 2.05) is 44.2 Å². The van der Waals surface area contributed by atoms with Crippen molar-refractivity contribution >= 4 is 18.3 Å². The van der Waals surface area contributed by atoms with Crippen LogP contribution in [-0.2, 0) is 0 Å². The number of halogens is 1. The minimum Gasteiger partial charge on any atom is -0.497 e. The molecule has 0 aliphatic rings. The Bertz CT molecular complexity index is 636. The van der Waals surface area contributed by atoms with Crippen molar-refractivity contribution in [3.63, 3.8) is 0 Å². The fourth-order valence-corrected chi connectivity index (χ4v) is 2.40. The van der Waals surface area contributed by atoms with Crippen LogP contribution < -0.4 is 15.8 Å². The third-order valence-corrected chi connectivity index (χ3v) is 3.44. The van der Waals surface area contributed by atoms with Crippen molar-refractivity contribution in [2.45, 2.75) is 13.8 Å². The van der Waals surface area contributed by atoms with Crippen molar-refractivity contribution in [1.29, 1.82) is 0 Å². The van der Waals surface area contributed by atoms with E-state index in [2.05, 4.69) is 9.88 Å². The van der Waals surface area contributed by atoms with E-state index >= 15 is 0 Å². The summed E-state index contributed by atoms with van der Waals surface area (Å²) in [6.45, 7) is 4.83. The lowest BCUT2D eigenvalue weighted by Gasteiger charge is -2.11. The first-order valence-corrected chi connectivity index (χ1v) is 6.90. The summed E-state index contributed by atoms with van der Waals surface area (Å²) in [7, 11) is 1.64. The molecule has 0 fully saturated rings. The molecule has 0 spiro atoms. The second-order valence-electron chi connectivity index (χ2n) is 4.86. The monoisotopic (exact) mass is 323 g/mol. The van der Waals surface area contributed by atoms with Gasteiger partial charge in [0.2, 0.25) is 0 Å². The molecular weight excluding hydrogens is 302 g/mol. The molecule has 3 N–H and O–H groups in total. The Morgan fingerprint density at radius 3 is 2.45 bits per heavy atom. The highest BCUT2D eigenvalue weighted by molar-refractivity contribution is 5.95. The predicted molar refractivity (Wildman–Crippen MR) is 90.4 cm³/mol. The molecule has 0 saturated carbocycles. The van der Waals surface area contributed by atoms with Crippen LogP contribution in [0.5, 0.6) is 5.75 Å².